The molecule has 4 rings (SSSR count). The maximum atomic E-state index is 14.3. The highest BCUT2D eigenvalue weighted by Crippen LogP contribution is 2.30. The number of hydrogen-bond acceptors (Lipinski definition) is 1. The summed E-state index contributed by atoms with van der Waals surface area (Å²) in [6.45, 7) is 4.50. The topological polar surface area (TPSA) is 28.7 Å². The predicted molar refractivity (Wildman–Crippen MR) is 117 cm³/mol. The van der Waals surface area contributed by atoms with Gasteiger partial charge in [-0.3, -0.25) is 0 Å². The van der Waals surface area contributed by atoms with Crippen LogP contribution in [0.2, 0.25) is 0 Å². The Hall–Kier alpha value is -3.64. The van der Waals surface area contributed by atoms with E-state index in [0.29, 0.717) is 17.7 Å². The zero-order valence-electron chi connectivity index (χ0n) is 16.5. The lowest BCUT2D eigenvalue weighted by Gasteiger charge is -2.09. The van der Waals surface area contributed by atoms with Crippen LogP contribution in [0.4, 0.5) is 4.39 Å². The van der Waals surface area contributed by atoms with Crippen LogP contribution in [0.25, 0.3) is 22.6 Å². The molecule has 0 saturated carbocycles. The number of aromatic nitrogens is 1. The van der Waals surface area contributed by atoms with Crippen LogP contribution in [0, 0.1) is 31.0 Å². The van der Waals surface area contributed by atoms with Gasteiger partial charge in [0.15, 0.2) is 0 Å². The Bertz CT molecular complexity index is 1250. The number of nitriles is 1. The molecule has 0 unspecified atom stereocenters. The molecule has 0 aliphatic carbocycles. The summed E-state index contributed by atoms with van der Waals surface area (Å²) >= 11 is 0. The van der Waals surface area contributed by atoms with Crippen molar-refractivity contribution in [2.24, 2.45) is 0 Å². The zero-order chi connectivity index (χ0) is 20.4. The first kappa shape index (κ1) is 18.7. The lowest BCUT2D eigenvalue weighted by atomic mass is 10.0. The first-order valence-corrected chi connectivity index (χ1v) is 9.58. The molecule has 0 atom stereocenters. The summed E-state index contributed by atoms with van der Waals surface area (Å²) < 4.78 is 16.4. The van der Waals surface area contributed by atoms with Crippen LogP contribution in [0.5, 0.6) is 0 Å². The molecule has 0 amide bonds. The summed E-state index contributed by atoms with van der Waals surface area (Å²) in [7, 11) is 0. The van der Waals surface area contributed by atoms with Gasteiger partial charge in [-0.1, -0.05) is 66.2 Å². The molecule has 0 aliphatic heterocycles. The molecule has 0 aliphatic rings. The Balaban J connectivity index is 1.87. The molecular weight excluding hydrogens is 359 g/mol. The van der Waals surface area contributed by atoms with Crippen molar-refractivity contribution in [1.29, 1.82) is 5.26 Å². The van der Waals surface area contributed by atoms with Gasteiger partial charge in [-0.05, 0) is 37.6 Å². The number of fused-ring (bicyclic) bond motifs is 1. The molecule has 0 fully saturated rings. The third kappa shape index (κ3) is 3.58. The average Bonchev–Trinajstić information content (AvgIpc) is 3.00. The number of nitrogens with zero attached hydrogens (tertiary/aromatic N) is 2. The molecule has 3 aromatic carbocycles. The van der Waals surface area contributed by atoms with Gasteiger partial charge in [-0.2, -0.15) is 5.26 Å². The van der Waals surface area contributed by atoms with E-state index >= 15 is 0 Å². The highest BCUT2D eigenvalue weighted by Gasteiger charge is 2.15. The first-order chi connectivity index (χ1) is 14.1. The molecule has 1 aromatic heterocycles. The summed E-state index contributed by atoms with van der Waals surface area (Å²) in [6.07, 6.45) is 1.94. The monoisotopic (exact) mass is 380 g/mol. The second kappa shape index (κ2) is 7.77. The van der Waals surface area contributed by atoms with E-state index in [0.717, 1.165) is 33.3 Å². The quantitative estimate of drug-likeness (QED) is 0.371. The Labute approximate surface area is 170 Å². The minimum Gasteiger partial charge on any atom is -0.340 e. The second-order valence-electron chi connectivity index (χ2n) is 7.23. The maximum Gasteiger partial charge on any atom is 0.128 e. The summed E-state index contributed by atoms with van der Waals surface area (Å²) in [5.74, 6) is -0.209. The van der Waals surface area contributed by atoms with Crippen molar-refractivity contribution in [2.75, 3.05) is 0 Å². The molecule has 3 heteroatoms. The van der Waals surface area contributed by atoms with Crippen LogP contribution in [0.1, 0.15) is 27.9 Å². The number of allylic oxidation sites excluding steroid dienone is 1. The fourth-order valence-corrected chi connectivity index (χ4v) is 3.70. The predicted octanol–water partition coefficient (Wildman–Crippen LogP) is 6.51. The van der Waals surface area contributed by atoms with Gasteiger partial charge in [0.1, 0.15) is 5.82 Å². The Kier molecular flexibility index (Phi) is 5.01. The number of rotatable bonds is 4. The number of benzene rings is 3. The minimum absolute atomic E-state index is 0.209. The Morgan fingerprint density at radius 1 is 0.966 bits per heavy atom. The molecule has 0 radical (unpaired) electrons. The van der Waals surface area contributed by atoms with Crippen LogP contribution >= 0.6 is 0 Å². The number of halogens is 1. The highest BCUT2D eigenvalue weighted by atomic mass is 19.1. The highest BCUT2D eigenvalue weighted by molar-refractivity contribution is 5.99. The largest absolute Gasteiger partial charge is 0.340 e. The van der Waals surface area contributed by atoms with Gasteiger partial charge in [0.05, 0.1) is 18.2 Å². The first-order valence-electron chi connectivity index (χ1n) is 9.58. The molecular formula is C26H21FN2. The van der Waals surface area contributed by atoms with Gasteiger partial charge in [0, 0.05) is 27.7 Å². The average molecular weight is 380 g/mol. The van der Waals surface area contributed by atoms with Crippen molar-refractivity contribution in [3.63, 3.8) is 0 Å². The van der Waals surface area contributed by atoms with Gasteiger partial charge < -0.3 is 4.57 Å². The van der Waals surface area contributed by atoms with E-state index < -0.39 is 0 Å². The van der Waals surface area contributed by atoms with Gasteiger partial charge in [0.25, 0.3) is 0 Å². The molecule has 0 saturated heterocycles. The number of hydrogen-bond donors (Lipinski definition) is 0. The molecule has 142 valence electrons. The summed E-state index contributed by atoms with van der Waals surface area (Å²) in [5, 5.41) is 10.8. The minimum atomic E-state index is -0.209. The third-order valence-electron chi connectivity index (χ3n) is 5.34. The molecule has 29 heavy (non-hydrogen) atoms. The van der Waals surface area contributed by atoms with Crippen molar-refractivity contribution in [1.82, 2.24) is 4.57 Å². The van der Waals surface area contributed by atoms with E-state index in [1.165, 1.54) is 6.07 Å². The van der Waals surface area contributed by atoms with Crippen LogP contribution in [-0.4, -0.2) is 4.57 Å². The van der Waals surface area contributed by atoms with Crippen LogP contribution in [-0.2, 0) is 6.54 Å². The number of para-hydroxylation sites is 1. The number of aryl methyl sites for hydroxylation is 1. The van der Waals surface area contributed by atoms with E-state index in [2.05, 4.69) is 16.7 Å². The molecule has 0 N–H and O–H groups in total. The molecule has 0 bridgehead atoms. The lowest BCUT2D eigenvalue weighted by Crippen LogP contribution is -2.03. The summed E-state index contributed by atoms with van der Waals surface area (Å²) in [5.41, 5.74) is 6.34. The molecule has 0 spiro atoms. The SMILES string of the molecule is Cc1ccc(/C(C#N)=C\c2c(C)n(Cc3ccccc3F)c3ccccc23)cc1. The third-order valence-corrected chi connectivity index (χ3v) is 5.34. The van der Waals surface area contributed by atoms with Crippen LogP contribution < -0.4 is 0 Å². The zero-order valence-corrected chi connectivity index (χ0v) is 16.5. The lowest BCUT2D eigenvalue weighted by molar-refractivity contribution is 0.600. The van der Waals surface area contributed by atoms with Crippen LogP contribution in [0.15, 0.2) is 72.8 Å². The van der Waals surface area contributed by atoms with E-state index in [-0.39, 0.29) is 5.82 Å². The van der Waals surface area contributed by atoms with Gasteiger partial charge in [-0.25, -0.2) is 4.39 Å². The normalized spacial score (nSPS) is 11.6. The smallest absolute Gasteiger partial charge is 0.128 e. The van der Waals surface area contributed by atoms with Gasteiger partial charge in [-0.15, -0.1) is 0 Å². The van der Waals surface area contributed by atoms with Crippen molar-refractivity contribution < 1.29 is 4.39 Å². The fraction of sp³-hybridized carbons (Fsp3) is 0.115. The standard InChI is InChI=1S/C26H21FN2/c1-18-11-13-20(14-12-18)22(16-28)15-24-19(2)29(26-10-6-4-8-23(24)26)17-21-7-3-5-9-25(21)27/h3-15H,17H2,1-2H3/b22-15-. The Morgan fingerprint density at radius 2 is 1.66 bits per heavy atom. The van der Waals surface area contributed by atoms with E-state index in [4.69, 9.17) is 0 Å². The van der Waals surface area contributed by atoms with E-state index in [9.17, 15) is 9.65 Å². The molecule has 2 nitrogen and oxygen atoms in total. The van der Waals surface area contributed by atoms with Crippen molar-refractivity contribution in [2.45, 2.75) is 20.4 Å². The van der Waals surface area contributed by atoms with E-state index in [1.807, 2.05) is 74.5 Å². The van der Waals surface area contributed by atoms with Crippen LogP contribution in [0.3, 0.4) is 0 Å². The van der Waals surface area contributed by atoms with Crippen molar-refractivity contribution in [3.8, 4) is 6.07 Å². The van der Waals surface area contributed by atoms with Gasteiger partial charge >= 0.3 is 0 Å². The van der Waals surface area contributed by atoms with Gasteiger partial charge in [0.2, 0.25) is 0 Å². The summed E-state index contributed by atoms with van der Waals surface area (Å²) in [6, 6.07) is 25.2. The molecule has 1 heterocycles. The molecule has 4 aromatic rings. The maximum absolute atomic E-state index is 14.3. The second-order valence-corrected chi connectivity index (χ2v) is 7.23. The van der Waals surface area contributed by atoms with E-state index in [1.54, 1.807) is 6.07 Å². The van der Waals surface area contributed by atoms with Crippen molar-refractivity contribution in [3.05, 3.63) is 107 Å². The Morgan fingerprint density at radius 3 is 2.38 bits per heavy atom. The fourth-order valence-electron chi connectivity index (χ4n) is 3.70. The summed E-state index contributed by atoms with van der Waals surface area (Å²) in [4.78, 5) is 0. The van der Waals surface area contributed by atoms with Crippen molar-refractivity contribution >= 4 is 22.6 Å².